The summed E-state index contributed by atoms with van der Waals surface area (Å²) in [4.78, 5) is 22.2. The first-order valence-electron chi connectivity index (χ1n) is 6.83. The number of rotatable bonds is 9. The monoisotopic (exact) mass is 295 g/mol. The number of carbonyl (C=O) groups excluding carboxylic acids is 1. The van der Waals surface area contributed by atoms with Crippen molar-refractivity contribution >= 4 is 11.9 Å². The second-order valence-electron chi connectivity index (χ2n) is 4.74. The minimum atomic E-state index is -0.997. The van der Waals surface area contributed by atoms with Crippen LogP contribution < -0.4 is 10.1 Å². The van der Waals surface area contributed by atoms with E-state index in [1.807, 2.05) is 13.8 Å². The van der Waals surface area contributed by atoms with Crippen LogP contribution in [0.1, 0.15) is 30.6 Å². The largest absolute Gasteiger partial charge is 0.484 e. The summed E-state index contributed by atoms with van der Waals surface area (Å²) in [7, 11) is 0. The molecule has 0 radical (unpaired) electrons. The molecule has 0 unspecified atom stereocenters. The van der Waals surface area contributed by atoms with E-state index in [1.165, 1.54) is 24.3 Å². The molecule has 0 aliphatic heterocycles. The van der Waals surface area contributed by atoms with Crippen molar-refractivity contribution in [3.05, 3.63) is 29.8 Å². The van der Waals surface area contributed by atoms with Gasteiger partial charge in [-0.2, -0.15) is 0 Å². The molecule has 0 saturated carbocycles. The molecule has 0 fully saturated rings. The minimum absolute atomic E-state index is 0.0997. The maximum Gasteiger partial charge on any atom is 0.335 e. The number of carbonyl (C=O) groups is 2. The van der Waals surface area contributed by atoms with Gasteiger partial charge in [0, 0.05) is 13.2 Å². The Morgan fingerprint density at radius 1 is 1.24 bits per heavy atom. The van der Waals surface area contributed by atoms with Crippen molar-refractivity contribution in [2.24, 2.45) is 0 Å². The molecule has 1 aromatic rings. The van der Waals surface area contributed by atoms with Crippen molar-refractivity contribution in [3.63, 3.8) is 0 Å². The standard InChI is InChI=1S/C15H21NO5/c1-11(2)20-9-3-8-16-14(17)10-21-13-6-4-12(5-7-13)15(18)19/h4-7,11H,3,8-10H2,1-2H3,(H,16,17)(H,18,19). The highest BCUT2D eigenvalue weighted by Crippen LogP contribution is 2.11. The van der Waals surface area contributed by atoms with Crippen LogP contribution in [0.15, 0.2) is 24.3 Å². The van der Waals surface area contributed by atoms with Crippen molar-refractivity contribution in [2.45, 2.75) is 26.4 Å². The van der Waals surface area contributed by atoms with Gasteiger partial charge in [-0.25, -0.2) is 4.79 Å². The summed E-state index contributed by atoms with van der Waals surface area (Å²) < 4.78 is 10.6. The van der Waals surface area contributed by atoms with Crippen LogP contribution in [0.3, 0.4) is 0 Å². The summed E-state index contributed by atoms with van der Waals surface area (Å²) >= 11 is 0. The zero-order chi connectivity index (χ0) is 15.7. The van der Waals surface area contributed by atoms with Crippen LogP contribution in [0.2, 0.25) is 0 Å². The Morgan fingerprint density at radius 2 is 1.90 bits per heavy atom. The molecule has 0 saturated heterocycles. The lowest BCUT2D eigenvalue weighted by Crippen LogP contribution is -2.30. The van der Waals surface area contributed by atoms with Crippen LogP contribution in [0.5, 0.6) is 5.75 Å². The van der Waals surface area contributed by atoms with Gasteiger partial charge in [0.25, 0.3) is 5.91 Å². The van der Waals surface area contributed by atoms with Crippen molar-refractivity contribution in [1.29, 1.82) is 0 Å². The number of hydrogen-bond donors (Lipinski definition) is 2. The van der Waals surface area contributed by atoms with Crippen molar-refractivity contribution in [3.8, 4) is 5.75 Å². The molecule has 0 spiro atoms. The Bertz CT molecular complexity index is 456. The molecule has 0 aliphatic rings. The number of benzene rings is 1. The van der Waals surface area contributed by atoms with Crippen molar-refractivity contribution < 1.29 is 24.2 Å². The fraction of sp³-hybridized carbons (Fsp3) is 0.467. The first kappa shape index (κ1) is 17.0. The Kier molecular flexibility index (Phi) is 7.25. The number of carboxylic acids is 1. The molecule has 1 rings (SSSR count). The molecule has 6 heteroatoms. The summed E-state index contributed by atoms with van der Waals surface area (Å²) in [5, 5.41) is 11.5. The number of amides is 1. The average Bonchev–Trinajstić information content (AvgIpc) is 2.44. The summed E-state index contributed by atoms with van der Waals surface area (Å²) in [5.74, 6) is -0.761. The fourth-order valence-electron chi connectivity index (χ4n) is 1.51. The maximum atomic E-state index is 11.5. The van der Waals surface area contributed by atoms with Gasteiger partial charge in [0.2, 0.25) is 0 Å². The number of nitrogens with one attached hydrogen (secondary N) is 1. The Hall–Kier alpha value is -2.08. The van der Waals surface area contributed by atoms with Gasteiger partial charge in [0.1, 0.15) is 5.75 Å². The van der Waals surface area contributed by atoms with E-state index in [-0.39, 0.29) is 24.2 Å². The predicted octanol–water partition coefficient (Wildman–Crippen LogP) is 1.69. The molecule has 6 nitrogen and oxygen atoms in total. The quantitative estimate of drug-likeness (QED) is 0.677. The fourth-order valence-corrected chi connectivity index (χ4v) is 1.51. The molecule has 1 amide bonds. The molecule has 0 atom stereocenters. The van der Waals surface area contributed by atoms with Gasteiger partial charge in [0.05, 0.1) is 11.7 Å². The average molecular weight is 295 g/mol. The third-order valence-corrected chi connectivity index (χ3v) is 2.57. The predicted molar refractivity (Wildman–Crippen MR) is 77.6 cm³/mol. The van der Waals surface area contributed by atoms with Crippen LogP contribution in [0, 0.1) is 0 Å². The molecule has 116 valence electrons. The number of ether oxygens (including phenoxy) is 2. The van der Waals surface area contributed by atoms with E-state index in [0.717, 1.165) is 6.42 Å². The molecular weight excluding hydrogens is 274 g/mol. The molecule has 1 aromatic carbocycles. The molecule has 0 heterocycles. The second-order valence-corrected chi connectivity index (χ2v) is 4.74. The Labute approximate surface area is 124 Å². The van der Waals surface area contributed by atoms with Gasteiger partial charge in [-0.3, -0.25) is 4.79 Å². The lowest BCUT2D eigenvalue weighted by atomic mass is 10.2. The second kappa shape index (κ2) is 8.97. The zero-order valence-corrected chi connectivity index (χ0v) is 12.3. The zero-order valence-electron chi connectivity index (χ0n) is 12.3. The van der Waals surface area contributed by atoms with Crippen LogP contribution in [0.25, 0.3) is 0 Å². The highest BCUT2D eigenvalue weighted by molar-refractivity contribution is 5.87. The maximum absolute atomic E-state index is 11.5. The topological polar surface area (TPSA) is 84.9 Å². The highest BCUT2D eigenvalue weighted by Gasteiger charge is 2.05. The molecule has 0 bridgehead atoms. The molecule has 0 aromatic heterocycles. The molecular formula is C15H21NO5. The molecule has 2 N–H and O–H groups in total. The van der Waals surface area contributed by atoms with Crippen LogP contribution >= 0.6 is 0 Å². The summed E-state index contributed by atoms with van der Waals surface area (Å²) in [6.45, 7) is 4.96. The van der Waals surface area contributed by atoms with Crippen LogP contribution in [-0.2, 0) is 9.53 Å². The summed E-state index contributed by atoms with van der Waals surface area (Å²) in [6, 6.07) is 5.90. The van der Waals surface area contributed by atoms with Gasteiger partial charge in [0.15, 0.2) is 6.61 Å². The first-order chi connectivity index (χ1) is 9.99. The molecule has 0 aliphatic carbocycles. The van der Waals surface area contributed by atoms with Gasteiger partial charge in [-0.05, 0) is 44.5 Å². The van der Waals surface area contributed by atoms with E-state index in [2.05, 4.69) is 5.32 Å². The van der Waals surface area contributed by atoms with Gasteiger partial charge in [-0.1, -0.05) is 0 Å². The van der Waals surface area contributed by atoms with E-state index < -0.39 is 5.97 Å². The van der Waals surface area contributed by atoms with E-state index in [9.17, 15) is 9.59 Å². The van der Waals surface area contributed by atoms with Crippen molar-refractivity contribution in [1.82, 2.24) is 5.32 Å². The number of aromatic carboxylic acids is 1. The number of hydrogen-bond acceptors (Lipinski definition) is 4. The normalized spacial score (nSPS) is 10.4. The smallest absolute Gasteiger partial charge is 0.335 e. The Balaban J connectivity index is 2.19. The lowest BCUT2D eigenvalue weighted by molar-refractivity contribution is -0.123. The molecule has 21 heavy (non-hydrogen) atoms. The van der Waals surface area contributed by atoms with E-state index in [4.69, 9.17) is 14.6 Å². The first-order valence-corrected chi connectivity index (χ1v) is 6.83. The minimum Gasteiger partial charge on any atom is -0.484 e. The SMILES string of the molecule is CC(C)OCCCNC(=O)COc1ccc(C(=O)O)cc1. The summed E-state index contributed by atoms with van der Waals surface area (Å²) in [6.07, 6.45) is 0.940. The Morgan fingerprint density at radius 3 is 2.48 bits per heavy atom. The third-order valence-electron chi connectivity index (χ3n) is 2.57. The number of carboxylic acid groups (broad SMARTS) is 1. The van der Waals surface area contributed by atoms with Gasteiger partial charge < -0.3 is 19.9 Å². The summed E-state index contributed by atoms with van der Waals surface area (Å²) in [5.41, 5.74) is 0.178. The van der Waals surface area contributed by atoms with E-state index in [1.54, 1.807) is 0 Å². The van der Waals surface area contributed by atoms with Crippen LogP contribution in [0.4, 0.5) is 0 Å². The van der Waals surface area contributed by atoms with E-state index in [0.29, 0.717) is 18.9 Å². The third kappa shape index (κ3) is 7.31. The van der Waals surface area contributed by atoms with Crippen molar-refractivity contribution in [2.75, 3.05) is 19.8 Å². The highest BCUT2D eigenvalue weighted by atomic mass is 16.5. The lowest BCUT2D eigenvalue weighted by Gasteiger charge is -2.09. The van der Waals surface area contributed by atoms with Crippen LogP contribution in [-0.4, -0.2) is 42.8 Å². The van der Waals surface area contributed by atoms with Gasteiger partial charge in [-0.15, -0.1) is 0 Å². The van der Waals surface area contributed by atoms with E-state index >= 15 is 0 Å². The van der Waals surface area contributed by atoms with Gasteiger partial charge >= 0.3 is 5.97 Å².